The van der Waals surface area contributed by atoms with Crippen LogP contribution >= 0.6 is 0 Å². The van der Waals surface area contributed by atoms with Crippen molar-refractivity contribution >= 4 is 5.78 Å². The lowest BCUT2D eigenvalue weighted by Gasteiger charge is -2.22. The van der Waals surface area contributed by atoms with Crippen molar-refractivity contribution in [2.75, 3.05) is 7.11 Å². The summed E-state index contributed by atoms with van der Waals surface area (Å²) in [5.41, 5.74) is 2.23. The summed E-state index contributed by atoms with van der Waals surface area (Å²) in [5, 5.41) is 0. The number of hydrogen-bond acceptors (Lipinski definition) is 2. The molecule has 88 valence electrons. The van der Waals surface area contributed by atoms with Crippen molar-refractivity contribution in [1.29, 1.82) is 0 Å². The fourth-order valence-corrected chi connectivity index (χ4v) is 1.74. The van der Waals surface area contributed by atoms with E-state index in [9.17, 15) is 4.79 Å². The van der Waals surface area contributed by atoms with E-state index >= 15 is 0 Å². The Morgan fingerprint density at radius 2 is 1.94 bits per heavy atom. The zero-order chi connectivity index (χ0) is 12.3. The van der Waals surface area contributed by atoms with Crippen LogP contribution in [0.15, 0.2) is 18.2 Å². The first-order chi connectivity index (χ1) is 7.34. The Morgan fingerprint density at radius 3 is 2.38 bits per heavy atom. The molecule has 0 aliphatic rings. The van der Waals surface area contributed by atoms with E-state index in [0.717, 1.165) is 16.9 Å². The molecule has 0 N–H and O–H groups in total. The molecular weight excluding hydrogens is 200 g/mol. The second-order valence-corrected chi connectivity index (χ2v) is 5.16. The number of hydrogen-bond donors (Lipinski definition) is 0. The summed E-state index contributed by atoms with van der Waals surface area (Å²) in [6.07, 6.45) is 0.493. The smallest absolute Gasteiger partial charge is 0.134 e. The summed E-state index contributed by atoms with van der Waals surface area (Å²) in [6.45, 7) is 8.04. The van der Waals surface area contributed by atoms with Crippen LogP contribution in [0, 0.1) is 0 Å². The van der Waals surface area contributed by atoms with Gasteiger partial charge in [0.2, 0.25) is 0 Å². The minimum atomic E-state index is 0.0259. The number of benzene rings is 1. The quantitative estimate of drug-likeness (QED) is 0.782. The molecule has 0 saturated carbocycles. The van der Waals surface area contributed by atoms with Gasteiger partial charge in [-0.25, -0.2) is 0 Å². The Bertz CT molecular complexity index is 386. The molecule has 1 aromatic carbocycles. The minimum Gasteiger partial charge on any atom is -0.496 e. The first-order valence-corrected chi connectivity index (χ1v) is 5.51. The molecule has 2 nitrogen and oxygen atoms in total. The van der Waals surface area contributed by atoms with Gasteiger partial charge in [-0.2, -0.15) is 0 Å². The van der Waals surface area contributed by atoms with Crippen LogP contribution in [-0.2, 0) is 16.6 Å². The van der Waals surface area contributed by atoms with Gasteiger partial charge in [-0.05, 0) is 29.5 Å². The fourth-order valence-electron chi connectivity index (χ4n) is 1.74. The van der Waals surface area contributed by atoms with Gasteiger partial charge in [0.25, 0.3) is 0 Å². The number of methoxy groups -OCH3 is 1. The maximum absolute atomic E-state index is 11.1. The largest absolute Gasteiger partial charge is 0.496 e. The molecule has 0 atom stereocenters. The third-order valence-corrected chi connectivity index (χ3v) is 2.52. The first-order valence-electron chi connectivity index (χ1n) is 5.51. The van der Waals surface area contributed by atoms with Crippen molar-refractivity contribution in [1.82, 2.24) is 0 Å². The van der Waals surface area contributed by atoms with E-state index in [-0.39, 0.29) is 11.2 Å². The van der Waals surface area contributed by atoms with Crippen LogP contribution in [0.25, 0.3) is 0 Å². The zero-order valence-corrected chi connectivity index (χ0v) is 10.8. The van der Waals surface area contributed by atoms with Crippen LogP contribution in [0.2, 0.25) is 0 Å². The van der Waals surface area contributed by atoms with Crippen LogP contribution in [0.4, 0.5) is 0 Å². The molecule has 0 aromatic heterocycles. The average Bonchev–Trinajstić information content (AvgIpc) is 2.15. The molecule has 0 bridgehead atoms. The van der Waals surface area contributed by atoms with Gasteiger partial charge in [0.05, 0.1) is 7.11 Å². The highest BCUT2D eigenvalue weighted by molar-refractivity contribution is 5.78. The van der Waals surface area contributed by atoms with Gasteiger partial charge in [0, 0.05) is 6.42 Å². The Hall–Kier alpha value is -1.31. The molecule has 16 heavy (non-hydrogen) atoms. The van der Waals surface area contributed by atoms with E-state index in [1.807, 2.05) is 12.1 Å². The highest BCUT2D eigenvalue weighted by atomic mass is 16.5. The average molecular weight is 220 g/mol. The number of rotatable bonds is 3. The standard InChI is InChI=1S/C14H20O2/c1-10(15)8-11-6-7-13(16-5)12(9-11)14(2,3)4/h6-7,9H,8H2,1-5H3. The van der Waals surface area contributed by atoms with Crippen molar-refractivity contribution in [2.24, 2.45) is 0 Å². The maximum Gasteiger partial charge on any atom is 0.134 e. The SMILES string of the molecule is COc1ccc(CC(C)=O)cc1C(C)(C)C. The molecule has 0 fully saturated rings. The lowest BCUT2D eigenvalue weighted by molar-refractivity contribution is -0.116. The van der Waals surface area contributed by atoms with Crippen molar-refractivity contribution in [2.45, 2.75) is 39.5 Å². The number of Topliss-reactive ketones (excluding diaryl/α,β-unsaturated/α-hetero) is 1. The van der Waals surface area contributed by atoms with Crippen LogP contribution in [0.3, 0.4) is 0 Å². The summed E-state index contributed by atoms with van der Waals surface area (Å²) in [4.78, 5) is 11.1. The van der Waals surface area contributed by atoms with Crippen molar-refractivity contribution < 1.29 is 9.53 Å². The van der Waals surface area contributed by atoms with E-state index in [0.29, 0.717) is 6.42 Å². The topological polar surface area (TPSA) is 26.3 Å². The van der Waals surface area contributed by atoms with Crippen molar-refractivity contribution in [3.63, 3.8) is 0 Å². The van der Waals surface area contributed by atoms with Gasteiger partial charge in [-0.15, -0.1) is 0 Å². The highest BCUT2D eigenvalue weighted by Gasteiger charge is 2.19. The summed E-state index contributed by atoms with van der Waals surface area (Å²) < 4.78 is 5.35. The van der Waals surface area contributed by atoms with Crippen molar-refractivity contribution in [3.05, 3.63) is 29.3 Å². The van der Waals surface area contributed by atoms with Crippen LogP contribution < -0.4 is 4.74 Å². The molecule has 0 aliphatic heterocycles. The molecule has 0 radical (unpaired) electrons. The molecule has 0 amide bonds. The second-order valence-electron chi connectivity index (χ2n) is 5.16. The third-order valence-electron chi connectivity index (χ3n) is 2.52. The molecule has 0 heterocycles. The van der Waals surface area contributed by atoms with E-state index in [1.54, 1.807) is 14.0 Å². The summed E-state index contributed by atoms with van der Waals surface area (Å²) in [6, 6.07) is 5.97. The summed E-state index contributed by atoms with van der Waals surface area (Å²) in [5.74, 6) is 1.07. The third kappa shape index (κ3) is 3.09. The second kappa shape index (κ2) is 4.69. The van der Waals surface area contributed by atoms with E-state index in [1.165, 1.54) is 0 Å². The normalized spacial score (nSPS) is 11.3. The van der Waals surface area contributed by atoms with E-state index in [4.69, 9.17) is 4.74 Å². The minimum absolute atomic E-state index is 0.0259. The molecule has 0 spiro atoms. The van der Waals surface area contributed by atoms with Gasteiger partial charge in [-0.1, -0.05) is 32.9 Å². The molecule has 0 aliphatic carbocycles. The summed E-state index contributed by atoms with van der Waals surface area (Å²) >= 11 is 0. The van der Waals surface area contributed by atoms with Crippen molar-refractivity contribution in [3.8, 4) is 5.75 Å². The summed E-state index contributed by atoms with van der Waals surface area (Å²) in [7, 11) is 1.68. The van der Waals surface area contributed by atoms with E-state index in [2.05, 4.69) is 26.8 Å². The van der Waals surface area contributed by atoms with Gasteiger partial charge >= 0.3 is 0 Å². The molecule has 1 rings (SSSR count). The van der Waals surface area contributed by atoms with Gasteiger partial charge < -0.3 is 4.74 Å². The molecule has 2 heteroatoms. The monoisotopic (exact) mass is 220 g/mol. The predicted octanol–water partition coefficient (Wildman–Crippen LogP) is 3.12. The first kappa shape index (κ1) is 12.8. The molecule has 0 unspecified atom stereocenters. The van der Waals surface area contributed by atoms with Crippen LogP contribution in [0.5, 0.6) is 5.75 Å². The number of ketones is 1. The van der Waals surface area contributed by atoms with Gasteiger partial charge in [0.15, 0.2) is 0 Å². The van der Waals surface area contributed by atoms with Crippen LogP contribution in [0.1, 0.15) is 38.8 Å². The zero-order valence-electron chi connectivity index (χ0n) is 10.8. The molecule has 0 saturated heterocycles. The Morgan fingerprint density at radius 1 is 1.31 bits per heavy atom. The highest BCUT2D eigenvalue weighted by Crippen LogP contribution is 2.32. The number of carbonyl (C=O) groups excluding carboxylic acids is 1. The Labute approximate surface area is 97.6 Å². The number of carbonyl (C=O) groups is 1. The van der Waals surface area contributed by atoms with E-state index < -0.39 is 0 Å². The number of ether oxygens (including phenoxy) is 1. The Kier molecular flexibility index (Phi) is 3.74. The lowest BCUT2D eigenvalue weighted by atomic mass is 9.85. The van der Waals surface area contributed by atoms with Gasteiger partial charge in [0.1, 0.15) is 11.5 Å². The molecule has 1 aromatic rings. The molecular formula is C14H20O2. The van der Waals surface area contributed by atoms with Crippen LogP contribution in [-0.4, -0.2) is 12.9 Å². The maximum atomic E-state index is 11.1. The Balaban J connectivity index is 3.16. The lowest BCUT2D eigenvalue weighted by Crippen LogP contribution is -2.13. The predicted molar refractivity (Wildman–Crippen MR) is 66.1 cm³/mol. The van der Waals surface area contributed by atoms with Gasteiger partial charge in [-0.3, -0.25) is 4.79 Å². The fraction of sp³-hybridized carbons (Fsp3) is 0.500.